The Labute approximate surface area is 260 Å². The van der Waals surface area contributed by atoms with E-state index in [0.29, 0.717) is 25.9 Å². The molecule has 3 aromatic rings. The van der Waals surface area contributed by atoms with Gasteiger partial charge in [0.05, 0.1) is 24.3 Å². The van der Waals surface area contributed by atoms with Gasteiger partial charge in [-0.05, 0) is 65.3 Å². The van der Waals surface area contributed by atoms with Crippen LogP contribution in [0.25, 0.3) is 0 Å². The minimum atomic E-state index is -0.299. The highest BCUT2D eigenvalue weighted by Crippen LogP contribution is 2.48. The predicted octanol–water partition coefficient (Wildman–Crippen LogP) is 5.25. The van der Waals surface area contributed by atoms with Crippen LogP contribution in [0.3, 0.4) is 0 Å². The van der Waals surface area contributed by atoms with Crippen LogP contribution in [0.15, 0.2) is 78.9 Å². The van der Waals surface area contributed by atoms with Crippen molar-refractivity contribution in [3.05, 3.63) is 95.6 Å². The number of hydrogen-bond acceptors (Lipinski definition) is 6. The van der Waals surface area contributed by atoms with Gasteiger partial charge in [0.1, 0.15) is 12.3 Å². The number of hydrogen-bond donors (Lipinski definition) is 0. The number of anilines is 2. The van der Waals surface area contributed by atoms with Crippen LogP contribution >= 0.6 is 0 Å². The second-order valence-corrected chi connectivity index (χ2v) is 13.5. The summed E-state index contributed by atoms with van der Waals surface area (Å²) in [7, 11) is 3.46. The van der Waals surface area contributed by atoms with Gasteiger partial charge in [0.15, 0.2) is 0 Å². The summed E-state index contributed by atoms with van der Waals surface area (Å²) in [6, 6.07) is 26.2. The summed E-state index contributed by atoms with van der Waals surface area (Å²) in [6.45, 7) is 8.03. The van der Waals surface area contributed by atoms with Crippen molar-refractivity contribution in [3.63, 3.8) is 0 Å². The molecule has 2 amide bonds. The van der Waals surface area contributed by atoms with Gasteiger partial charge in [0.2, 0.25) is 11.8 Å². The maximum atomic E-state index is 14.2. The topological polar surface area (TPSA) is 65.6 Å². The molecular weight excluding hydrogens is 552 g/mol. The lowest BCUT2D eigenvalue weighted by atomic mass is 9.81. The Morgan fingerprint density at radius 2 is 1.14 bits per heavy atom. The fraction of sp³-hybridized carbons (Fsp3) is 0.444. The first kappa shape index (κ1) is 29.2. The molecule has 0 spiro atoms. The molecule has 8 heteroatoms. The molecule has 0 radical (unpaired) electrons. The van der Waals surface area contributed by atoms with Gasteiger partial charge < -0.3 is 9.47 Å². The van der Waals surface area contributed by atoms with Crippen LogP contribution in [-0.4, -0.2) is 73.2 Å². The number of methoxy groups -OCH3 is 2. The van der Waals surface area contributed by atoms with Crippen molar-refractivity contribution in [1.82, 2.24) is 9.80 Å². The quantitative estimate of drug-likeness (QED) is 0.388. The first-order valence-corrected chi connectivity index (χ1v) is 15.7. The van der Waals surface area contributed by atoms with Gasteiger partial charge in [-0.2, -0.15) is 0 Å². The Balaban J connectivity index is 1.40. The number of carbonyl (C=O) groups is 2. The summed E-state index contributed by atoms with van der Waals surface area (Å²) in [6.07, 6.45) is 0.776. The van der Waals surface area contributed by atoms with Gasteiger partial charge in [-0.1, -0.05) is 69.3 Å². The van der Waals surface area contributed by atoms with E-state index in [-0.39, 0.29) is 53.9 Å². The molecule has 0 saturated carbocycles. The minimum absolute atomic E-state index is 0.00278. The molecule has 3 aromatic carbocycles. The van der Waals surface area contributed by atoms with Gasteiger partial charge in [0.25, 0.3) is 0 Å². The number of benzene rings is 3. The molecule has 4 heterocycles. The van der Waals surface area contributed by atoms with Gasteiger partial charge in [0, 0.05) is 38.7 Å². The van der Waals surface area contributed by atoms with Crippen LogP contribution < -0.4 is 9.80 Å². The fourth-order valence-corrected chi connectivity index (χ4v) is 7.88. The number of para-hydroxylation sites is 2. The van der Waals surface area contributed by atoms with E-state index < -0.39 is 0 Å². The van der Waals surface area contributed by atoms with Crippen molar-refractivity contribution < 1.29 is 19.1 Å². The summed E-state index contributed by atoms with van der Waals surface area (Å²) < 4.78 is 11.5. The normalized spacial score (nSPS) is 29.1. The van der Waals surface area contributed by atoms with E-state index in [4.69, 9.17) is 9.47 Å². The molecule has 0 bridgehead atoms. The molecule has 44 heavy (non-hydrogen) atoms. The van der Waals surface area contributed by atoms with Crippen LogP contribution in [0.2, 0.25) is 0 Å². The number of rotatable bonds is 6. The van der Waals surface area contributed by atoms with Crippen LogP contribution in [0.5, 0.6) is 0 Å². The van der Waals surface area contributed by atoms with Crippen molar-refractivity contribution in [2.24, 2.45) is 0 Å². The molecule has 4 aliphatic heterocycles. The zero-order valence-corrected chi connectivity index (χ0v) is 26.2. The van der Waals surface area contributed by atoms with Crippen LogP contribution in [0.4, 0.5) is 11.4 Å². The van der Waals surface area contributed by atoms with Crippen molar-refractivity contribution >= 4 is 23.2 Å². The largest absolute Gasteiger partial charge is 0.380 e. The number of amides is 2. The van der Waals surface area contributed by atoms with Crippen molar-refractivity contribution in [1.29, 1.82) is 0 Å². The molecule has 4 saturated heterocycles. The maximum Gasteiger partial charge on any atom is 0.246 e. The Bertz CT molecular complexity index is 1540. The average Bonchev–Trinajstić information content (AvgIpc) is 3.77. The lowest BCUT2D eigenvalue weighted by Crippen LogP contribution is -2.37. The standard InChI is InChI=1S/C36H42N4O4/c1-36(2,3)29-17-16-23(32-37-21-26(43-4)19-30(37)34(41)39(32)24-12-8-6-9-13-24)18-28(29)33-38-22-27(44-5)20-31(38)35(42)40(33)25-14-10-7-11-15-25/h6-18,26-27,30-33H,19-22H2,1-5H3/t26-,27-,30+,31+,32-,33-/m1/s1. The van der Waals surface area contributed by atoms with E-state index in [0.717, 1.165) is 22.5 Å². The monoisotopic (exact) mass is 594 g/mol. The highest BCUT2D eigenvalue weighted by molar-refractivity contribution is 6.01. The lowest BCUT2D eigenvalue weighted by Gasteiger charge is -2.36. The molecule has 0 aromatic heterocycles. The summed E-state index contributed by atoms with van der Waals surface area (Å²) >= 11 is 0. The highest BCUT2D eigenvalue weighted by Gasteiger charge is 2.55. The first-order valence-electron chi connectivity index (χ1n) is 15.7. The van der Waals surface area contributed by atoms with Crippen molar-refractivity contribution in [2.45, 2.75) is 75.7 Å². The van der Waals surface area contributed by atoms with E-state index in [1.807, 2.05) is 70.5 Å². The zero-order chi connectivity index (χ0) is 30.7. The SMILES string of the molecule is CO[C@@H]1C[C@H]2C(=O)N(c3ccccc3)[C@H](c3ccc(C(C)(C)C)c([C@H]4N(c5ccccc5)C(=O)[C@@H]5C[C@@H](OC)CN54)c3)N2C1. The molecule has 6 atom stereocenters. The predicted molar refractivity (Wildman–Crippen MR) is 170 cm³/mol. The third-order valence-corrected chi connectivity index (χ3v) is 9.96. The molecule has 230 valence electrons. The molecule has 0 unspecified atom stereocenters. The maximum absolute atomic E-state index is 14.2. The number of fused-ring (bicyclic) bond motifs is 2. The Morgan fingerprint density at radius 1 is 0.659 bits per heavy atom. The second kappa shape index (κ2) is 11.1. The molecule has 4 aliphatic rings. The summed E-state index contributed by atoms with van der Waals surface area (Å²) in [5.41, 5.74) is 4.91. The minimum Gasteiger partial charge on any atom is -0.380 e. The van der Waals surface area contributed by atoms with Gasteiger partial charge in [-0.25, -0.2) is 0 Å². The molecule has 0 aliphatic carbocycles. The number of nitrogens with zero attached hydrogens (tertiary/aromatic N) is 4. The van der Waals surface area contributed by atoms with Crippen LogP contribution in [-0.2, 0) is 24.5 Å². The van der Waals surface area contributed by atoms with Gasteiger partial charge >= 0.3 is 0 Å². The van der Waals surface area contributed by atoms with Gasteiger partial charge in [-0.3, -0.25) is 29.2 Å². The summed E-state index contributed by atoms with van der Waals surface area (Å²) in [5, 5.41) is 0. The third-order valence-electron chi connectivity index (χ3n) is 9.96. The van der Waals surface area contributed by atoms with Crippen LogP contribution in [0, 0.1) is 0 Å². The van der Waals surface area contributed by atoms with E-state index >= 15 is 0 Å². The molecule has 7 rings (SSSR count). The molecular formula is C36H42N4O4. The summed E-state index contributed by atoms with van der Waals surface area (Å²) in [5.74, 6) is 0.210. The molecule has 4 fully saturated rings. The third kappa shape index (κ3) is 4.67. The molecule has 8 nitrogen and oxygen atoms in total. The van der Waals surface area contributed by atoms with Crippen molar-refractivity contribution in [2.75, 3.05) is 37.1 Å². The number of ether oxygens (including phenoxy) is 2. The Morgan fingerprint density at radius 3 is 1.61 bits per heavy atom. The van der Waals surface area contributed by atoms with Gasteiger partial charge in [-0.15, -0.1) is 0 Å². The highest BCUT2D eigenvalue weighted by atomic mass is 16.5. The number of carbonyl (C=O) groups excluding carboxylic acids is 2. The lowest BCUT2D eigenvalue weighted by molar-refractivity contribution is -0.120. The van der Waals surface area contributed by atoms with E-state index in [9.17, 15) is 9.59 Å². The van der Waals surface area contributed by atoms with E-state index in [1.54, 1.807) is 14.2 Å². The van der Waals surface area contributed by atoms with Crippen molar-refractivity contribution in [3.8, 4) is 0 Å². The zero-order valence-electron chi connectivity index (χ0n) is 26.2. The Kier molecular flexibility index (Phi) is 7.36. The first-order chi connectivity index (χ1) is 21.2. The fourth-order valence-electron chi connectivity index (χ4n) is 7.88. The summed E-state index contributed by atoms with van der Waals surface area (Å²) in [4.78, 5) is 36.8. The molecule has 0 N–H and O–H groups in total. The van der Waals surface area contributed by atoms with Crippen LogP contribution in [0.1, 0.15) is 62.6 Å². The smallest absolute Gasteiger partial charge is 0.246 e. The Hall–Kier alpha value is -3.56. The van der Waals surface area contributed by atoms with E-state index in [1.165, 1.54) is 5.56 Å². The average molecular weight is 595 g/mol. The van der Waals surface area contributed by atoms with E-state index in [2.05, 4.69) is 48.8 Å². The second-order valence-electron chi connectivity index (χ2n) is 13.5.